The van der Waals surface area contributed by atoms with Gasteiger partial charge in [0.1, 0.15) is 0 Å². The molecule has 0 aliphatic heterocycles. The molecule has 222 valence electrons. The minimum atomic E-state index is -0.416. The molecule has 0 radical (unpaired) electrons. The molecule has 10 aromatic rings. The molecule has 0 fully saturated rings. The summed E-state index contributed by atoms with van der Waals surface area (Å²) in [4.78, 5) is 0. The van der Waals surface area contributed by atoms with Crippen LogP contribution in [0.5, 0.6) is 0 Å². The summed E-state index contributed by atoms with van der Waals surface area (Å²) in [5, 5.41) is 9.70. The molecule has 0 unspecified atom stereocenters. The van der Waals surface area contributed by atoms with Crippen LogP contribution >= 0.6 is 0 Å². The lowest BCUT2D eigenvalue weighted by Crippen LogP contribution is -1.91. The SMILES string of the molecule is [2H]c1c([2H])c([2H])c2c(-c3ccc4ccccc4c3)c3c([2H])c([2H])c([2H])c([2H])c3c(-c3ccc(-c4ccc5c6ccccc6c6ccccc6c5c4)cc3)c2c1[2H]. The average molecular weight is 615 g/mol. The van der Waals surface area contributed by atoms with Crippen LogP contribution in [0.1, 0.15) is 11.0 Å². The van der Waals surface area contributed by atoms with Crippen molar-refractivity contribution >= 4 is 64.6 Å². The molecule has 0 bridgehead atoms. The van der Waals surface area contributed by atoms with Gasteiger partial charge in [-0.1, -0.05) is 170 Å². The molecule has 10 aromatic carbocycles. The van der Waals surface area contributed by atoms with Gasteiger partial charge in [0.25, 0.3) is 0 Å². The summed E-state index contributed by atoms with van der Waals surface area (Å²) >= 11 is 0. The third kappa shape index (κ3) is 4.10. The van der Waals surface area contributed by atoms with Gasteiger partial charge in [0.15, 0.2) is 0 Å². The summed E-state index contributed by atoms with van der Waals surface area (Å²) in [5.41, 5.74) is 3.76. The van der Waals surface area contributed by atoms with E-state index in [1.807, 2.05) is 66.7 Å². The smallest absolute Gasteiger partial charge is 0.0616 e. The van der Waals surface area contributed by atoms with E-state index in [9.17, 15) is 5.48 Å². The molecule has 48 heavy (non-hydrogen) atoms. The Labute approximate surface area is 290 Å². The first kappa shape index (κ1) is 20.1. The molecule has 0 aliphatic carbocycles. The van der Waals surface area contributed by atoms with Crippen LogP contribution in [0.15, 0.2) is 182 Å². The summed E-state index contributed by atoms with van der Waals surface area (Å²) in [5.74, 6) is 0. The van der Waals surface area contributed by atoms with Gasteiger partial charge in [-0.2, -0.15) is 0 Å². The molecular formula is C48H30. The Hall–Kier alpha value is -6.24. The fraction of sp³-hybridized carbons (Fsp3) is 0. The van der Waals surface area contributed by atoms with Gasteiger partial charge in [0.05, 0.1) is 11.0 Å². The Morgan fingerprint density at radius 3 is 1.27 bits per heavy atom. The van der Waals surface area contributed by atoms with Crippen molar-refractivity contribution in [3.63, 3.8) is 0 Å². The van der Waals surface area contributed by atoms with Crippen LogP contribution < -0.4 is 0 Å². The third-order valence-corrected chi connectivity index (χ3v) is 9.66. The Morgan fingerprint density at radius 1 is 0.271 bits per heavy atom. The van der Waals surface area contributed by atoms with E-state index >= 15 is 0 Å². The Bertz CT molecular complexity index is 3220. The number of benzene rings is 10. The Morgan fingerprint density at radius 2 is 0.688 bits per heavy atom. The molecule has 0 N–H and O–H groups in total. The first-order valence-electron chi connectivity index (χ1n) is 20.0. The van der Waals surface area contributed by atoms with Gasteiger partial charge in [-0.15, -0.1) is 0 Å². The van der Waals surface area contributed by atoms with Crippen LogP contribution in [-0.2, 0) is 0 Å². The zero-order chi connectivity index (χ0) is 38.6. The third-order valence-electron chi connectivity index (χ3n) is 9.66. The van der Waals surface area contributed by atoms with Crippen molar-refractivity contribution < 1.29 is 11.0 Å². The van der Waals surface area contributed by atoms with E-state index in [1.54, 1.807) is 0 Å². The first-order valence-corrected chi connectivity index (χ1v) is 16.0. The summed E-state index contributed by atoms with van der Waals surface area (Å²) in [6.45, 7) is 0. The van der Waals surface area contributed by atoms with Crippen molar-refractivity contribution in [3.05, 3.63) is 182 Å². The predicted molar refractivity (Wildman–Crippen MR) is 208 cm³/mol. The van der Waals surface area contributed by atoms with Crippen molar-refractivity contribution in [1.29, 1.82) is 0 Å². The zero-order valence-electron chi connectivity index (χ0n) is 33.7. The fourth-order valence-corrected chi connectivity index (χ4v) is 7.46. The van der Waals surface area contributed by atoms with Crippen LogP contribution in [-0.4, -0.2) is 0 Å². The highest BCUT2D eigenvalue weighted by Gasteiger charge is 2.17. The van der Waals surface area contributed by atoms with E-state index in [4.69, 9.17) is 5.48 Å². The van der Waals surface area contributed by atoms with Gasteiger partial charge >= 0.3 is 0 Å². The average Bonchev–Trinajstić information content (AvgIpc) is 3.25. The summed E-state index contributed by atoms with van der Waals surface area (Å²) in [6.07, 6.45) is 0. The van der Waals surface area contributed by atoms with Crippen LogP contribution in [0.3, 0.4) is 0 Å². The monoisotopic (exact) mass is 614 g/mol. The van der Waals surface area contributed by atoms with E-state index in [0.29, 0.717) is 22.3 Å². The van der Waals surface area contributed by atoms with Crippen molar-refractivity contribution in [2.45, 2.75) is 0 Å². The van der Waals surface area contributed by atoms with Gasteiger partial charge < -0.3 is 0 Å². The highest BCUT2D eigenvalue weighted by Crippen LogP contribution is 2.44. The maximum absolute atomic E-state index is 9.30. The molecule has 0 nitrogen and oxygen atoms in total. The maximum Gasteiger partial charge on any atom is 0.0629 e. The second-order valence-electron chi connectivity index (χ2n) is 12.2. The number of hydrogen-bond acceptors (Lipinski definition) is 0. The molecule has 0 atom stereocenters. The van der Waals surface area contributed by atoms with Gasteiger partial charge in [-0.25, -0.2) is 0 Å². The quantitative estimate of drug-likeness (QED) is 0.137. The summed E-state index contributed by atoms with van der Waals surface area (Å²) in [7, 11) is 0. The lowest BCUT2D eigenvalue weighted by atomic mass is 9.85. The van der Waals surface area contributed by atoms with Crippen LogP contribution in [0, 0.1) is 0 Å². The lowest BCUT2D eigenvalue weighted by Gasteiger charge is -2.18. The largest absolute Gasteiger partial charge is 0.0629 e. The molecule has 0 spiro atoms. The lowest BCUT2D eigenvalue weighted by molar-refractivity contribution is 1.63. The fourth-order valence-electron chi connectivity index (χ4n) is 7.46. The molecule has 0 aromatic heterocycles. The van der Waals surface area contributed by atoms with E-state index in [2.05, 4.69) is 66.7 Å². The topological polar surface area (TPSA) is 0 Å². The molecule has 0 aliphatic rings. The van der Waals surface area contributed by atoms with Gasteiger partial charge in [0.2, 0.25) is 0 Å². The first-order chi connectivity index (χ1) is 27.1. The van der Waals surface area contributed by atoms with E-state index in [1.165, 1.54) is 16.2 Å². The predicted octanol–water partition coefficient (Wildman–Crippen LogP) is 13.6. The molecular weight excluding hydrogens is 577 g/mol. The van der Waals surface area contributed by atoms with Gasteiger partial charge in [0, 0.05) is 0 Å². The number of hydrogen-bond donors (Lipinski definition) is 0. The van der Waals surface area contributed by atoms with Crippen LogP contribution in [0.25, 0.3) is 98.0 Å². The molecule has 0 heterocycles. The maximum atomic E-state index is 9.30. The normalized spacial score (nSPS) is 14.1. The highest BCUT2D eigenvalue weighted by atomic mass is 14.2. The number of rotatable bonds is 3. The standard InChI is InChI=1S/C48H30/c1-2-12-34-29-36(26-23-31(34)11-1)48-44-19-9-7-17-42(44)47(43-18-8-10-20-45(43)48)33-24-21-32(22-25-33)35-27-28-41-39-15-4-3-13-37(39)38-14-5-6-16-40(38)46(41)30-35/h1-30H/i7D,8D,9D,10D,17D,18D,19D,20D. The Balaban J connectivity index is 1.27. The van der Waals surface area contributed by atoms with Crippen molar-refractivity contribution in [2.24, 2.45) is 0 Å². The molecule has 0 amide bonds. The van der Waals surface area contributed by atoms with Crippen LogP contribution in [0.4, 0.5) is 0 Å². The van der Waals surface area contributed by atoms with E-state index in [0.717, 1.165) is 38.1 Å². The van der Waals surface area contributed by atoms with Crippen molar-refractivity contribution in [2.75, 3.05) is 0 Å². The molecule has 0 heteroatoms. The number of fused-ring (bicyclic) bond motifs is 9. The molecule has 0 saturated heterocycles. The van der Waals surface area contributed by atoms with Crippen molar-refractivity contribution in [3.8, 4) is 33.4 Å². The molecule has 10 rings (SSSR count). The van der Waals surface area contributed by atoms with Crippen molar-refractivity contribution in [1.82, 2.24) is 0 Å². The minimum Gasteiger partial charge on any atom is -0.0616 e. The van der Waals surface area contributed by atoms with Gasteiger partial charge in [-0.3, -0.25) is 0 Å². The van der Waals surface area contributed by atoms with E-state index in [-0.39, 0.29) is 45.7 Å². The highest BCUT2D eigenvalue weighted by molar-refractivity contribution is 6.26. The Kier molecular flexibility index (Phi) is 4.46. The summed E-state index contributed by atoms with van der Waals surface area (Å²) < 4.78 is 72.1. The minimum absolute atomic E-state index is 0.202. The van der Waals surface area contributed by atoms with E-state index < -0.39 is 24.2 Å². The van der Waals surface area contributed by atoms with Crippen LogP contribution in [0.2, 0.25) is 0 Å². The second-order valence-corrected chi connectivity index (χ2v) is 12.2. The second kappa shape index (κ2) is 10.7. The zero-order valence-corrected chi connectivity index (χ0v) is 25.7. The van der Waals surface area contributed by atoms with Gasteiger partial charge in [-0.05, 0) is 110 Å². The molecule has 0 saturated carbocycles. The summed E-state index contributed by atoms with van der Waals surface area (Å²) in [6, 6.07) is 41.7.